The van der Waals surface area contributed by atoms with E-state index < -0.39 is 0 Å². The minimum atomic E-state index is 0.855. The quantitative estimate of drug-likeness (QED) is 0.447. The molecule has 0 aliphatic carbocycles. The van der Waals surface area contributed by atoms with Gasteiger partial charge in [0, 0.05) is 0 Å². The molecule has 0 fully saturated rings. The predicted octanol–water partition coefficient (Wildman–Crippen LogP) is -0.323. The molecule has 0 spiro atoms. The van der Waals surface area contributed by atoms with Gasteiger partial charge in [-0.05, 0) is 0 Å². The second-order valence-corrected chi connectivity index (χ2v) is 4.08. The van der Waals surface area contributed by atoms with Crippen LogP contribution in [-0.4, -0.2) is 16.5 Å². The standard InChI is InChI=1S/C6H8Ge/c7-6-4-2-1-3-5-6/h1-5H,7H3. The molecule has 0 aliphatic rings. The molecule has 0 saturated carbocycles. The second kappa shape index (κ2) is 2.17. The van der Waals surface area contributed by atoms with Gasteiger partial charge in [-0.25, -0.2) is 0 Å². The van der Waals surface area contributed by atoms with Crippen LogP contribution in [0.3, 0.4) is 0 Å². The van der Waals surface area contributed by atoms with E-state index in [4.69, 9.17) is 0 Å². The summed E-state index contributed by atoms with van der Waals surface area (Å²) in [7, 11) is 0. The fourth-order valence-electron chi connectivity index (χ4n) is 0.534. The summed E-state index contributed by atoms with van der Waals surface area (Å²) >= 11 is 0.855. The average molecular weight is 153 g/mol. The SMILES string of the molecule is [GeH3][c]1ccccc1. The molecule has 36 valence electrons. The van der Waals surface area contributed by atoms with Gasteiger partial charge in [-0.3, -0.25) is 0 Å². The van der Waals surface area contributed by atoms with Crippen molar-refractivity contribution in [3.05, 3.63) is 30.3 Å². The van der Waals surface area contributed by atoms with Crippen LogP contribution >= 0.6 is 0 Å². The maximum absolute atomic E-state index is 2.17. The third-order valence-electron chi connectivity index (χ3n) is 0.940. The first kappa shape index (κ1) is 4.91. The monoisotopic (exact) mass is 154 g/mol. The number of rotatable bonds is 0. The molecular weight excluding hydrogens is 145 g/mol. The van der Waals surface area contributed by atoms with Gasteiger partial charge in [0.05, 0.1) is 0 Å². The Balaban J connectivity index is 3.02. The van der Waals surface area contributed by atoms with Gasteiger partial charge in [-0.2, -0.15) is 0 Å². The molecule has 0 atom stereocenters. The van der Waals surface area contributed by atoms with Crippen LogP contribution < -0.4 is 4.40 Å². The summed E-state index contributed by atoms with van der Waals surface area (Å²) < 4.78 is 1.51. The molecule has 0 aliphatic heterocycles. The summed E-state index contributed by atoms with van der Waals surface area (Å²) in [6.07, 6.45) is 0. The fraction of sp³-hybridized carbons (Fsp3) is 0. The zero-order valence-corrected chi connectivity index (χ0v) is 8.58. The van der Waals surface area contributed by atoms with Crippen molar-refractivity contribution in [2.75, 3.05) is 0 Å². The van der Waals surface area contributed by atoms with E-state index in [0.29, 0.717) is 0 Å². The molecule has 0 bridgehead atoms. The van der Waals surface area contributed by atoms with Gasteiger partial charge in [0.25, 0.3) is 0 Å². The van der Waals surface area contributed by atoms with Crippen molar-refractivity contribution >= 4 is 20.9 Å². The first-order chi connectivity index (χ1) is 3.39. The van der Waals surface area contributed by atoms with Gasteiger partial charge in [0.2, 0.25) is 0 Å². The zero-order valence-electron chi connectivity index (χ0n) is 4.39. The molecule has 1 aromatic carbocycles. The van der Waals surface area contributed by atoms with E-state index in [1.807, 2.05) is 0 Å². The van der Waals surface area contributed by atoms with E-state index in [2.05, 4.69) is 30.3 Å². The Hall–Kier alpha value is -0.237. The van der Waals surface area contributed by atoms with Crippen LogP contribution in [0.15, 0.2) is 30.3 Å². The molecule has 0 heterocycles. The Labute approximate surface area is 51.8 Å². The van der Waals surface area contributed by atoms with Gasteiger partial charge in [-0.1, -0.05) is 0 Å². The van der Waals surface area contributed by atoms with Gasteiger partial charge >= 0.3 is 51.2 Å². The number of hydrogen-bond donors (Lipinski definition) is 0. The van der Waals surface area contributed by atoms with Crippen molar-refractivity contribution < 1.29 is 0 Å². The number of benzene rings is 1. The molecule has 0 nitrogen and oxygen atoms in total. The van der Waals surface area contributed by atoms with E-state index in [1.165, 1.54) is 4.40 Å². The van der Waals surface area contributed by atoms with Crippen molar-refractivity contribution in [2.45, 2.75) is 0 Å². The van der Waals surface area contributed by atoms with E-state index >= 15 is 0 Å². The third-order valence-corrected chi connectivity index (χ3v) is 2.34. The summed E-state index contributed by atoms with van der Waals surface area (Å²) in [6, 6.07) is 10.6. The molecular formula is C6H8Ge. The van der Waals surface area contributed by atoms with Gasteiger partial charge in [0.15, 0.2) is 0 Å². The Morgan fingerprint density at radius 2 is 1.57 bits per heavy atom. The van der Waals surface area contributed by atoms with Crippen LogP contribution in [0.5, 0.6) is 0 Å². The Kier molecular flexibility index (Phi) is 1.52. The summed E-state index contributed by atoms with van der Waals surface area (Å²) in [4.78, 5) is 0. The van der Waals surface area contributed by atoms with Crippen molar-refractivity contribution in [2.24, 2.45) is 0 Å². The molecule has 0 saturated heterocycles. The zero-order chi connectivity index (χ0) is 5.11. The Morgan fingerprint density at radius 1 is 1.00 bits per heavy atom. The van der Waals surface area contributed by atoms with Crippen LogP contribution in [-0.2, 0) is 0 Å². The van der Waals surface area contributed by atoms with Crippen molar-refractivity contribution in [3.8, 4) is 0 Å². The normalized spacial score (nSPS) is 9.14. The van der Waals surface area contributed by atoms with Gasteiger partial charge in [0.1, 0.15) is 0 Å². The van der Waals surface area contributed by atoms with E-state index in [-0.39, 0.29) is 0 Å². The second-order valence-electron chi connectivity index (χ2n) is 1.65. The van der Waals surface area contributed by atoms with Crippen molar-refractivity contribution in [1.29, 1.82) is 0 Å². The molecule has 0 radical (unpaired) electrons. The topological polar surface area (TPSA) is 0 Å². The molecule has 7 heavy (non-hydrogen) atoms. The predicted molar refractivity (Wildman–Crippen MR) is 36.0 cm³/mol. The first-order valence-electron chi connectivity index (χ1n) is 2.41. The van der Waals surface area contributed by atoms with E-state index in [9.17, 15) is 0 Å². The maximum atomic E-state index is 2.17. The molecule has 0 aromatic heterocycles. The summed E-state index contributed by atoms with van der Waals surface area (Å²) in [5.74, 6) is 0. The van der Waals surface area contributed by atoms with Crippen molar-refractivity contribution in [1.82, 2.24) is 0 Å². The van der Waals surface area contributed by atoms with Crippen LogP contribution in [0.1, 0.15) is 0 Å². The molecule has 0 unspecified atom stereocenters. The number of hydrogen-bond acceptors (Lipinski definition) is 0. The summed E-state index contributed by atoms with van der Waals surface area (Å²) in [5.41, 5.74) is 0. The Morgan fingerprint density at radius 3 is 1.86 bits per heavy atom. The average Bonchev–Trinajstić information content (AvgIpc) is 1.69. The summed E-state index contributed by atoms with van der Waals surface area (Å²) in [5, 5.41) is 0. The van der Waals surface area contributed by atoms with Gasteiger partial charge < -0.3 is 0 Å². The summed E-state index contributed by atoms with van der Waals surface area (Å²) in [6.45, 7) is 0. The first-order valence-corrected chi connectivity index (χ1v) is 4.51. The van der Waals surface area contributed by atoms with Crippen molar-refractivity contribution in [3.63, 3.8) is 0 Å². The van der Waals surface area contributed by atoms with E-state index in [1.54, 1.807) is 0 Å². The van der Waals surface area contributed by atoms with Crippen LogP contribution in [0.4, 0.5) is 0 Å². The molecule has 1 heteroatoms. The molecule has 1 rings (SSSR count). The van der Waals surface area contributed by atoms with Gasteiger partial charge in [-0.15, -0.1) is 0 Å². The third kappa shape index (κ3) is 1.35. The van der Waals surface area contributed by atoms with E-state index in [0.717, 1.165) is 16.5 Å². The molecule has 1 aromatic rings. The molecule has 0 N–H and O–H groups in total. The fourth-order valence-corrected chi connectivity index (χ4v) is 1.34. The van der Waals surface area contributed by atoms with Crippen LogP contribution in [0.25, 0.3) is 0 Å². The Bertz CT molecular complexity index is 134. The molecule has 0 amide bonds. The minimum absolute atomic E-state index is 0.855. The van der Waals surface area contributed by atoms with Crippen LogP contribution in [0, 0.1) is 0 Å². The van der Waals surface area contributed by atoms with Crippen LogP contribution in [0.2, 0.25) is 0 Å².